The molecule has 0 saturated carbocycles. The first-order chi connectivity index (χ1) is 12.6. The van der Waals surface area contributed by atoms with Gasteiger partial charge in [-0.2, -0.15) is 0 Å². The largest absolute Gasteiger partial charge is 0.497 e. The first-order valence-corrected chi connectivity index (χ1v) is 8.65. The summed E-state index contributed by atoms with van der Waals surface area (Å²) >= 11 is 3.29. The fourth-order valence-electron chi connectivity index (χ4n) is 2.46. The van der Waals surface area contributed by atoms with Crippen LogP contribution in [0.2, 0.25) is 0 Å². The van der Waals surface area contributed by atoms with E-state index in [-0.39, 0.29) is 6.61 Å². The van der Waals surface area contributed by atoms with Crippen molar-refractivity contribution in [2.75, 3.05) is 19.0 Å². The average molecular weight is 414 g/mol. The van der Waals surface area contributed by atoms with Crippen LogP contribution in [0.15, 0.2) is 65.1 Å². The lowest BCUT2D eigenvalue weighted by atomic mass is 10.1. The van der Waals surface area contributed by atoms with Crippen LogP contribution in [0, 0.1) is 0 Å². The minimum Gasteiger partial charge on any atom is -0.497 e. The molecule has 0 saturated heterocycles. The molecule has 0 heterocycles. The maximum absolute atomic E-state index is 12.2. The number of esters is 1. The van der Waals surface area contributed by atoms with E-state index in [4.69, 9.17) is 9.47 Å². The number of methoxy groups -OCH3 is 1. The SMILES string of the molecule is COc1ccc(Br)c(C(=O)OCC(=O)Nc2ccc3ccccc3c2)c1. The van der Waals surface area contributed by atoms with E-state index < -0.39 is 11.9 Å². The Kier molecular flexibility index (Phi) is 5.53. The number of rotatable bonds is 5. The Morgan fingerprint density at radius 2 is 1.77 bits per heavy atom. The molecule has 3 rings (SSSR count). The maximum atomic E-state index is 12.2. The molecule has 0 aliphatic heterocycles. The topological polar surface area (TPSA) is 64.6 Å². The van der Waals surface area contributed by atoms with Crippen LogP contribution in [0.5, 0.6) is 5.75 Å². The average Bonchev–Trinajstić information content (AvgIpc) is 2.66. The molecule has 0 bridgehead atoms. The Labute approximate surface area is 159 Å². The molecule has 1 N–H and O–H groups in total. The highest BCUT2D eigenvalue weighted by atomic mass is 79.9. The van der Waals surface area contributed by atoms with Gasteiger partial charge in [0, 0.05) is 10.2 Å². The zero-order valence-electron chi connectivity index (χ0n) is 14.0. The molecule has 5 nitrogen and oxygen atoms in total. The first kappa shape index (κ1) is 17.9. The van der Waals surface area contributed by atoms with Crippen molar-refractivity contribution in [2.45, 2.75) is 0 Å². The summed E-state index contributed by atoms with van der Waals surface area (Å²) in [5.74, 6) is -0.488. The molecule has 0 aliphatic carbocycles. The molecule has 0 spiro atoms. The molecule has 0 radical (unpaired) electrons. The second-order valence-corrected chi connectivity index (χ2v) is 6.39. The van der Waals surface area contributed by atoms with Gasteiger partial charge in [-0.25, -0.2) is 4.79 Å². The number of hydrogen-bond donors (Lipinski definition) is 1. The summed E-state index contributed by atoms with van der Waals surface area (Å²) in [5, 5.41) is 4.82. The summed E-state index contributed by atoms with van der Waals surface area (Å²) in [6.45, 7) is -0.380. The van der Waals surface area contributed by atoms with E-state index >= 15 is 0 Å². The van der Waals surface area contributed by atoms with E-state index in [0.29, 0.717) is 21.5 Å². The highest BCUT2D eigenvalue weighted by Crippen LogP contribution is 2.23. The maximum Gasteiger partial charge on any atom is 0.339 e. The third-order valence-electron chi connectivity index (χ3n) is 3.76. The van der Waals surface area contributed by atoms with Crippen LogP contribution in [0.25, 0.3) is 10.8 Å². The number of nitrogens with one attached hydrogen (secondary N) is 1. The van der Waals surface area contributed by atoms with Crippen LogP contribution < -0.4 is 10.1 Å². The van der Waals surface area contributed by atoms with Gasteiger partial charge in [0.1, 0.15) is 5.75 Å². The Morgan fingerprint density at radius 1 is 1.00 bits per heavy atom. The van der Waals surface area contributed by atoms with Crippen LogP contribution in [0.4, 0.5) is 5.69 Å². The molecule has 1 amide bonds. The van der Waals surface area contributed by atoms with Gasteiger partial charge in [0.25, 0.3) is 5.91 Å². The van der Waals surface area contributed by atoms with E-state index in [1.54, 1.807) is 24.3 Å². The van der Waals surface area contributed by atoms with Gasteiger partial charge in [-0.3, -0.25) is 4.79 Å². The van der Waals surface area contributed by atoms with Crippen molar-refractivity contribution in [3.05, 3.63) is 70.7 Å². The van der Waals surface area contributed by atoms with Gasteiger partial charge >= 0.3 is 5.97 Å². The molecule has 132 valence electrons. The van der Waals surface area contributed by atoms with Gasteiger partial charge in [-0.1, -0.05) is 30.3 Å². The number of ether oxygens (including phenoxy) is 2. The van der Waals surface area contributed by atoms with Crippen molar-refractivity contribution in [3.63, 3.8) is 0 Å². The Balaban J connectivity index is 1.62. The summed E-state index contributed by atoms with van der Waals surface area (Å²) in [4.78, 5) is 24.2. The molecule has 6 heteroatoms. The Bertz CT molecular complexity index is 971. The van der Waals surface area contributed by atoms with Gasteiger partial charge < -0.3 is 14.8 Å². The number of anilines is 1. The fraction of sp³-hybridized carbons (Fsp3) is 0.100. The Hall–Kier alpha value is -2.86. The van der Waals surface area contributed by atoms with Gasteiger partial charge in [-0.15, -0.1) is 0 Å². The standard InChI is InChI=1S/C20H16BrNO4/c1-25-16-8-9-18(21)17(11-16)20(24)26-12-19(23)22-15-7-6-13-4-2-3-5-14(13)10-15/h2-11H,12H2,1H3,(H,22,23). The van der Waals surface area contributed by atoms with Gasteiger partial charge in [0.2, 0.25) is 0 Å². The number of amides is 1. The van der Waals surface area contributed by atoms with E-state index in [1.165, 1.54) is 7.11 Å². The number of carbonyl (C=O) groups excluding carboxylic acids is 2. The lowest BCUT2D eigenvalue weighted by Crippen LogP contribution is -2.21. The van der Waals surface area contributed by atoms with Crippen molar-refractivity contribution in [1.29, 1.82) is 0 Å². The highest BCUT2D eigenvalue weighted by molar-refractivity contribution is 9.10. The summed E-state index contributed by atoms with van der Waals surface area (Å²) in [6, 6.07) is 18.4. The van der Waals surface area contributed by atoms with Crippen molar-refractivity contribution in [2.24, 2.45) is 0 Å². The van der Waals surface area contributed by atoms with Crippen molar-refractivity contribution in [3.8, 4) is 5.75 Å². The molecule has 0 fully saturated rings. The molecular formula is C20H16BrNO4. The van der Waals surface area contributed by atoms with Crippen LogP contribution in [0.3, 0.4) is 0 Å². The third-order valence-corrected chi connectivity index (χ3v) is 4.45. The smallest absolute Gasteiger partial charge is 0.339 e. The second kappa shape index (κ2) is 8.01. The summed E-state index contributed by atoms with van der Waals surface area (Å²) < 4.78 is 10.8. The zero-order chi connectivity index (χ0) is 18.5. The van der Waals surface area contributed by atoms with Crippen LogP contribution in [0.1, 0.15) is 10.4 Å². The van der Waals surface area contributed by atoms with Gasteiger partial charge in [0.15, 0.2) is 6.61 Å². The van der Waals surface area contributed by atoms with Crippen LogP contribution >= 0.6 is 15.9 Å². The van der Waals surface area contributed by atoms with Crippen LogP contribution in [-0.4, -0.2) is 25.6 Å². The first-order valence-electron chi connectivity index (χ1n) is 7.86. The number of carbonyl (C=O) groups is 2. The zero-order valence-corrected chi connectivity index (χ0v) is 15.6. The van der Waals surface area contributed by atoms with E-state index in [9.17, 15) is 9.59 Å². The number of benzene rings is 3. The van der Waals surface area contributed by atoms with Crippen molar-refractivity contribution in [1.82, 2.24) is 0 Å². The normalized spacial score (nSPS) is 10.4. The fourth-order valence-corrected chi connectivity index (χ4v) is 2.87. The summed E-state index contributed by atoms with van der Waals surface area (Å²) in [7, 11) is 1.51. The van der Waals surface area contributed by atoms with E-state index in [2.05, 4.69) is 21.2 Å². The van der Waals surface area contributed by atoms with E-state index in [0.717, 1.165) is 10.8 Å². The van der Waals surface area contributed by atoms with Crippen LogP contribution in [-0.2, 0) is 9.53 Å². The minimum atomic E-state index is -0.607. The second-order valence-electron chi connectivity index (χ2n) is 5.53. The van der Waals surface area contributed by atoms with Gasteiger partial charge in [-0.05, 0) is 57.0 Å². The number of halogens is 1. The predicted molar refractivity (Wildman–Crippen MR) is 104 cm³/mol. The Morgan fingerprint density at radius 3 is 2.54 bits per heavy atom. The number of fused-ring (bicyclic) bond motifs is 1. The lowest BCUT2D eigenvalue weighted by molar-refractivity contribution is -0.119. The third kappa shape index (κ3) is 4.21. The van der Waals surface area contributed by atoms with Crippen molar-refractivity contribution < 1.29 is 19.1 Å². The minimum absolute atomic E-state index is 0.294. The summed E-state index contributed by atoms with van der Waals surface area (Å²) in [6.07, 6.45) is 0. The lowest BCUT2D eigenvalue weighted by Gasteiger charge is -2.09. The van der Waals surface area contributed by atoms with Gasteiger partial charge in [0.05, 0.1) is 12.7 Å². The molecule has 3 aromatic carbocycles. The summed E-state index contributed by atoms with van der Waals surface area (Å²) in [5.41, 5.74) is 0.940. The molecule has 26 heavy (non-hydrogen) atoms. The molecular weight excluding hydrogens is 398 g/mol. The molecule has 0 atom stereocenters. The molecule has 0 aromatic heterocycles. The number of hydrogen-bond acceptors (Lipinski definition) is 4. The van der Waals surface area contributed by atoms with Crippen molar-refractivity contribution >= 4 is 44.3 Å². The molecule has 3 aromatic rings. The monoisotopic (exact) mass is 413 g/mol. The molecule has 0 aliphatic rings. The quantitative estimate of drug-likeness (QED) is 0.629. The van der Waals surface area contributed by atoms with E-state index in [1.807, 2.05) is 36.4 Å². The predicted octanol–water partition coefficient (Wildman–Crippen LogP) is 4.41. The highest BCUT2D eigenvalue weighted by Gasteiger charge is 2.15. The molecule has 0 unspecified atom stereocenters.